The Bertz CT molecular complexity index is 314. The Morgan fingerprint density at radius 2 is 2.23 bits per heavy atom. The summed E-state index contributed by atoms with van der Waals surface area (Å²) in [5.41, 5.74) is -1.33. The molecule has 2 aliphatic rings. The molecule has 70 valence electrons. The van der Waals surface area contributed by atoms with Gasteiger partial charge in [0.2, 0.25) is 5.91 Å². The van der Waals surface area contributed by atoms with Gasteiger partial charge in [0.05, 0.1) is 5.92 Å². The third-order valence-corrected chi connectivity index (χ3v) is 2.69. The lowest BCUT2D eigenvalue weighted by molar-refractivity contribution is -0.159. The number of carbonyl (C=O) groups excluding carboxylic acids is 2. The Morgan fingerprint density at radius 1 is 1.54 bits per heavy atom. The molecule has 0 radical (unpaired) electrons. The number of amides is 3. The Morgan fingerprint density at radius 3 is 2.69 bits per heavy atom. The number of carbonyl (C=O) groups is 3. The fourth-order valence-corrected chi connectivity index (χ4v) is 1.82. The summed E-state index contributed by atoms with van der Waals surface area (Å²) in [6, 6.07) is -0.719. The number of hydrogen-bond acceptors (Lipinski definition) is 3. The summed E-state index contributed by atoms with van der Waals surface area (Å²) in [6.07, 6.45) is 0.838. The molecule has 3 N–H and O–H groups in total. The molecule has 1 saturated heterocycles. The first-order valence-corrected chi connectivity index (χ1v) is 3.93. The smallest absolute Gasteiger partial charge is 0.330 e. The van der Waals surface area contributed by atoms with Crippen molar-refractivity contribution in [2.45, 2.75) is 18.4 Å². The maximum atomic E-state index is 11.1. The standard InChI is InChI=1S/C7H8N2O4/c10-4-3-1-2-7(3,5(11)12)9-6(13)8-4/h3H,1-2H2,(H,11,12)(H2,8,9,10,13)/t3-,7-/m0/s1. The molecule has 6 nitrogen and oxygen atoms in total. The van der Waals surface area contributed by atoms with E-state index in [0.29, 0.717) is 12.8 Å². The first-order valence-electron chi connectivity index (χ1n) is 3.93. The van der Waals surface area contributed by atoms with Crippen molar-refractivity contribution in [1.29, 1.82) is 0 Å². The lowest BCUT2D eigenvalue weighted by Gasteiger charge is -2.47. The van der Waals surface area contributed by atoms with Crippen LogP contribution in [0.4, 0.5) is 4.79 Å². The van der Waals surface area contributed by atoms with Gasteiger partial charge in [-0.25, -0.2) is 9.59 Å². The Labute approximate surface area is 73.3 Å². The monoisotopic (exact) mass is 184 g/mol. The number of fused-ring (bicyclic) bond motifs is 1. The second kappa shape index (κ2) is 2.21. The van der Waals surface area contributed by atoms with Crippen molar-refractivity contribution < 1.29 is 19.5 Å². The predicted molar refractivity (Wildman–Crippen MR) is 39.8 cm³/mol. The van der Waals surface area contributed by atoms with E-state index in [1.54, 1.807) is 0 Å². The maximum absolute atomic E-state index is 11.1. The van der Waals surface area contributed by atoms with E-state index >= 15 is 0 Å². The van der Waals surface area contributed by atoms with Gasteiger partial charge < -0.3 is 10.4 Å². The molecular weight excluding hydrogens is 176 g/mol. The minimum absolute atomic E-state index is 0.326. The second-order valence-corrected chi connectivity index (χ2v) is 3.31. The van der Waals surface area contributed by atoms with Gasteiger partial charge in [-0.1, -0.05) is 0 Å². The van der Waals surface area contributed by atoms with Crippen LogP contribution in [-0.2, 0) is 9.59 Å². The molecule has 1 aliphatic heterocycles. The molecule has 13 heavy (non-hydrogen) atoms. The van der Waals surface area contributed by atoms with Gasteiger partial charge in [0, 0.05) is 0 Å². The van der Waals surface area contributed by atoms with Crippen LogP contribution in [0.1, 0.15) is 12.8 Å². The van der Waals surface area contributed by atoms with Gasteiger partial charge in [-0.2, -0.15) is 0 Å². The summed E-state index contributed by atoms with van der Waals surface area (Å²) in [5.74, 6) is -2.23. The van der Waals surface area contributed by atoms with Crippen LogP contribution in [0.5, 0.6) is 0 Å². The fraction of sp³-hybridized carbons (Fsp3) is 0.571. The molecule has 3 amide bonds. The van der Waals surface area contributed by atoms with Crippen LogP contribution < -0.4 is 10.6 Å². The molecule has 1 heterocycles. The SMILES string of the molecule is O=C1NC(=O)[C@@H]2CC[C@]2(C(=O)O)N1. The van der Waals surface area contributed by atoms with Crippen LogP contribution in [0, 0.1) is 5.92 Å². The van der Waals surface area contributed by atoms with Gasteiger partial charge in [-0.05, 0) is 12.8 Å². The zero-order valence-electron chi connectivity index (χ0n) is 6.66. The number of rotatable bonds is 1. The van der Waals surface area contributed by atoms with E-state index in [0.717, 1.165) is 0 Å². The predicted octanol–water partition coefficient (Wildman–Crippen LogP) is -0.941. The first-order chi connectivity index (χ1) is 6.06. The molecule has 0 spiro atoms. The quantitative estimate of drug-likeness (QED) is 0.490. The van der Waals surface area contributed by atoms with E-state index in [2.05, 4.69) is 5.32 Å². The Kier molecular flexibility index (Phi) is 1.37. The van der Waals surface area contributed by atoms with Crippen molar-refractivity contribution >= 4 is 17.9 Å². The number of carboxylic acid groups (broad SMARTS) is 1. The maximum Gasteiger partial charge on any atom is 0.330 e. The highest BCUT2D eigenvalue weighted by atomic mass is 16.4. The highest BCUT2D eigenvalue weighted by Gasteiger charge is 2.60. The molecule has 1 saturated carbocycles. The third kappa shape index (κ3) is 0.851. The van der Waals surface area contributed by atoms with E-state index in [4.69, 9.17) is 5.11 Å². The first kappa shape index (κ1) is 8.03. The molecule has 0 aromatic carbocycles. The molecule has 0 bridgehead atoms. The lowest BCUT2D eigenvalue weighted by Crippen LogP contribution is -2.74. The van der Waals surface area contributed by atoms with Crippen molar-refractivity contribution in [3.8, 4) is 0 Å². The molecule has 2 atom stereocenters. The Hall–Kier alpha value is -1.59. The third-order valence-electron chi connectivity index (χ3n) is 2.69. The van der Waals surface area contributed by atoms with E-state index in [1.165, 1.54) is 0 Å². The van der Waals surface area contributed by atoms with E-state index < -0.39 is 29.4 Å². The van der Waals surface area contributed by atoms with E-state index in [9.17, 15) is 14.4 Å². The minimum atomic E-state index is -1.33. The molecule has 2 rings (SSSR count). The minimum Gasteiger partial charge on any atom is -0.479 e. The van der Waals surface area contributed by atoms with Gasteiger partial charge in [0.1, 0.15) is 0 Å². The van der Waals surface area contributed by atoms with E-state index in [-0.39, 0.29) is 0 Å². The van der Waals surface area contributed by atoms with Crippen LogP contribution in [-0.4, -0.2) is 28.6 Å². The normalized spacial score (nSPS) is 36.8. The van der Waals surface area contributed by atoms with Crippen molar-refractivity contribution in [1.82, 2.24) is 10.6 Å². The van der Waals surface area contributed by atoms with Crippen LogP contribution in [0.3, 0.4) is 0 Å². The highest BCUT2D eigenvalue weighted by Crippen LogP contribution is 2.40. The van der Waals surface area contributed by atoms with E-state index in [1.807, 2.05) is 5.32 Å². The van der Waals surface area contributed by atoms with Crippen molar-refractivity contribution in [2.24, 2.45) is 5.92 Å². The average Bonchev–Trinajstić information content (AvgIpc) is 1.94. The zero-order chi connectivity index (χ0) is 9.64. The molecule has 1 aliphatic carbocycles. The molecule has 0 aromatic rings. The fourth-order valence-electron chi connectivity index (χ4n) is 1.82. The molecule has 0 unspecified atom stereocenters. The van der Waals surface area contributed by atoms with Crippen molar-refractivity contribution in [3.63, 3.8) is 0 Å². The summed E-state index contributed by atoms with van der Waals surface area (Å²) in [7, 11) is 0. The highest BCUT2D eigenvalue weighted by molar-refractivity contribution is 6.05. The number of nitrogens with one attached hydrogen (secondary N) is 2. The zero-order valence-corrected chi connectivity index (χ0v) is 6.66. The number of imide groups is 1. The summed E-state index contributed by atoms with van der Waals surface area (Å²) < 4.78 is 0. The van der Waals surface area contributed by atoms with Crippen LogP contribution in [0.15, 0.2) is 0 Å². The van der Waals surface area contributed by atoms with Gasteiger partial charge >= 0.3 is 12.0 Å². The van der Waals surface area contributed by atoms with Gasteiger partial charge in [0.25, 0.3) is 0 Å². The molecular formula is C7H8N2O4. The topological polar surface area (TPSA) is 95.5 Å². The molecule has 0 aromatic heterocycles. The number of hydrogen-bond donors (Lipinski definition) is 3. The summed E-state index contributed by atoms with van der Waals surface area (Å²) in [6.45, 7) is 0. The molecule has 6 heteroatoms. The molecule has 2 fully saturated rings. The van der Waals surface area contributed by atoms with Gasteiger partial charge in [0.15, 0.2) is 5.54 Å². The van der Waals surface area contributed by atoms with Crippen LogP contribution in [0.25, 0.3) is 0 Å². The van der Waals surface area contributed by atoms with Gasteiger partial charge in [-0.3, -0.25) is 10.1 Å². The Balaban J connectivity index is 2.32. The van der Waals surface area contributed by atoms with Crippen molar-refractivity contribution in [2.75, 3.05) is 0 Å². The van der Waals surface area contributed by atoms with Gasteiger partial charge in [-0.15, -0.1) is 0 Å². The largest absolute Gasteiger partial charge is 0.479 e. The lowest BCUT2D eigenvalue weighted by atomic mass is 9.65. The summed E-state index contributed by atoms with van der Waals surface area (Å²) >= 11 is 0. The summed E-state index contributed by atoms with van der Waals surface area (Å²) in [4.78, 5) is 32.8. The average molecular weight is 184 g/mol. The van der Waals surface area contributed by atoms with Crippen molar-refractivity contribution in [3.05, 3.63) is 0 Å². The van der Waals surface area contributed by atoms with Crippen LogP contribution in [0.2, 0.25) is 0 Å². The summed E-state index contributed by atoms with van der Waals surface area (Å²) in [5, 5.41) is 13.2. The number of urea groups is 1. The van der Waals surface area contributed by atoms with Crippen LogP contribution >= 0.6 is 0 Å². The number of aliphatic carboxylic acids is 1. The second-order valence-electron chi connectivity index (χ2n) is 3.31. The number of carboxylic acids is 1.